The predicted molar refractivity (Wildman–Crippen MR) is 140 cm³/mol. The summed E-state index contributed by atoms with van der Waals surface area (Å²) in [4.78, 5) is 22.4. The van der Waals surface area contributed by atoms with E-state index in [0.717, 1.165) is 54.5 Å². The molecule has 1 N–H and O–H groups in total. The number of nitrogens with one attached hydrogen (secondary N) is 1. The molecule has 3 heterocycles. The molecule has 6 nitrogen and oxygen atoms in total. The van der Waals surface area contributed by atoms with Gasteiger partial charge in [0.15, 0.2) is 5.76 Å². The van der Waals surface area contributed by atoms with Crippen LogP contribution >= 0.6 is 11.6 Å². The quantitative estimate of drug-likeness (QED) is 0.386. The second kappa shape index (κ2) is 10.3. The molecule has 1 saturated heterocycles. The molecule has 1 aliphatic rings. The van der Waals surface area contributed by atoms with E-state index in [-0.39, 0.29) is 11.7 Å². The van der Waals surface area contributed by atoms with Crippen molar-refractivity contribution in [1.29, 1.82) is 0 Å². The van der Waals surface area contributed by atoms with Crippen LogP contribution in [-0.4, -0.2) is 37.1 Å². The fourth-order valence-electron chi connectivity index (χ4n) is 4.25. The van der Waals surface area contributed by atoms with Gasteiger partial charge in [-0.3, -0.25) is 14.7 Å². The lowest BCUT2D eigenvalue weighted by Gasteiger charge is -2.30. The minimum Gasteiger partial charge on any atom is -0.451 e. The fraction of sp³-hybridized carbons (Fsp3) is 0.214. The first-order valence-corrected chi connectivity index (χ1v) is 12.1. The van der Waals surface area contributed by atoms with Crippen LogP contribution in [0, 0.1) is 6.92 Å². The van der Waals surface area contributed by atoms with E-state index in [1.807, 2.05) is 55.5 Å². The Hall–Kier alpha value is -3.61. The number of nitrogens with zero attached hydrogens (tertiary/aromatic N) is 3. The Kier molecular flexibility index (Phi) is 6.84. The molecule has 0 spiro atoms. The molecular weight excluding hydrogens is 460 g/mol. The number of aryl methyl sites for hydroxylation is 1. The second-order valence-corrected chi connectivity index (χ2v) is 9.02. The van der Waals surface area contributed by atoms with Gasteiger partial charge in [-0.15, -0.1) is 0 Å². The number of aromatic nitrogens is 1. The molecule has 2 aromatic heterocycles. The minimum atomic E-state index is -0.219. The van der Waals surface area contributed by atoms with Gasteiger partial charge in [0, 0.05) is 53.8 Å². The van der Waals surface area contributed by atoms with E-state index in [1.165, 1.54) is 0 Å². The van der Waals surface area contributed by atoms with Crippen molar-refractivity contribution in [2.45, 2.75) is 13.5 Å². The Balaban J connectivity index is 1.44. The molecule has 0 aliphatic carbocycles. The highest BCUT2D eigenvalue weighted by molar-refractivity contribution is 6.30. The molecule has 1 amide bonds. The van der Waals surface area contributed by atoms with Gasteiger partial charge in [0.25, 0.3) is 5.91 Å². The number of hydrogen-bond acceptors (Lipinski definition) is 5. The smallest absolute Gasteiger partial charge is 0.294 e. The molecule has 0 unspecified atom stereocenters. The van der Waals surface area contributed by atoms with E-state index in [0.29, 0.717) is 17.3 Å². The van der Waals surface area contributed by atoms with Crippen LogP contribution in [0.25, 0.3) is 11.3 Å². The summed E-state index contributed by atoms with van der Waals surface area (Å²) in [6, 6.07) is 24.9. The van der Waals surface area contributed by atoms with Gasteiger partial charge in [-0.1, -0.05) is 17.7 Å². The van der Waals surface area contributed by atoms with Gasteiger partial charge in [0.2, 0.25) is 0 Å². The summed E-state index contributed by atoms with van der Waals surface area (Å²) in [7, 11) is 0. The number of anilines is 2. The topological polar surface area (TPSA) is 61.6 Å². The van der Waals surface area contributed by atoms with Gasteiger partial charge in [0.1, 0.15) is 5.76 Å². The van der Waals surface area contributed by atoms with Gasteiger partial charge in [-0.2, -0.15) is 0 Å². The number of carbonyl (C=O) groups excluding carboxylic acids is 1. The Labute approximate surface area is 210 Å². The second-order valence-electron chi connectivity index (χ2n) is 8.59. The number of carbonyl (C=O) groups is 1. The molecule has 5 rings (SSSR count). The van der Waals surface area contributed by atoms with Gasteiger partial charge < -0.3 is 14.6 Å². The molecule has 0 saturated carbocycles. The number of halogens is 1. The summed E-state index contributed by atoms with van der Waals surface area (Å²) >= 11 is 6.01. The highest BCUT2D eigenvalue weighted by atomic mass is 35.5. The number of pyridine rings is 1. The predicted octanol–water partition coefficient (Wildman–Crippen LogP) is 5.56. The molecule has 1 fully saturated rings. The zero-order valence-electron chi connectivity index (χ0n) is 19.6. The molecule has 2 aromatic carbocycles. The van der Waals surface area contributed by atoms with E-state index >= 15 is 0 Å². The fourth-order valence-corrected chi connectivity index (χ4v) is 4.38. The third-order valence-electron chi connectivity index (χ3n) is 6.10. The van der Waals surface area contributed by atoms with Crippen molar-refractivity contribution in [3.05, 3.63) is 101 Å². The van der Waals surface area contributed by atoms with Gasteiger partial charge in [0.05, 0.1) is 12.2 Å². The van der Waals surface area contributed by atoms with Crippen molar-refractivity contribution >= 4 is 28.9 Å². The molecule has 35 heavy (non-hydrogen) atoms. The van der Waals surface area contributed by atoms with Crippen molar-refractivity contribution in [2.24, 2.45) is 0 Å². The highest BCUT2D eigenvalue weighted by Gasteiger charge is 2.23. The Morgan fingerprint density at radius 3 is 2.46 bits per heavy atom. The normalized spacial score (nSPS) is 13.6. The van der Waals surface area contributed by atoms with E-state index in [2.05, 4.69) is 27.3 Å². The van der Waals surface area contributed by atoms with Crippen LogP contribution in [0.15, 0.2) is 83.3 Å². The summed E-state index contributed by atoms with van der Waals surface area (Å²) in [5, 5.41) is 4.03. The first kappa shape index (κ1) is 23.1. The third-order valence-corrected chi connectivity index (χ3v) is 6.35. The summed E-state index contributed by atoms with van der Waals surface area (Å²) in [6.07, 6.45) is 0. The summed E-state index contributed by atoms with van der Waals surface area (Å²) in [5.41, 5.74) is 4.53. The number of hydrogen-bond donors (Lipinski definition) is 1. The molecule has 7 heteroatoms. The molecule has 1 aliphatic heterocycles. The SMILES string of the molecule is Cc1cccc(CN(C(=O)c2ccc(-c3ccc(Cl)cc3)o2)c2ccc(N3CCNCC3)cc2)n1. The lowest BCUT2D eigenvalue weighted by molar-refractivity contribution is 0.0959. The van der Waals surface area contributed by atoms with Gasteiger partial charge in [-0.05, 0) is 79.7 Å². The molecule has 0 atom stereocenters. The van der Waals surface area contributed by atoms with Crippen LogP contribution < -0.4 is 15.1 Å². The van der Waals surface area contributed by atoms with Crippen LogP contribution in [0.4, 0.5) is 11.4 Å². The van der Waals surface area contributed by atoms with Gasteiger partial charge >= 0.3 is 0 Å². The molecule has 0 bridgehead atoms. The number of rotatable bonds is 6. The van der Waals surface area contributed by atoms with Crippen molar-refractivity contribution in [2.75, 3.05) is 36.0 Å². The molecule has 178 valence electrons. The van der Waals surface area contributed by atoms with E-state index in [4.69, 9.17) is 16.0 Å². The molecule has 0 radical (unpaired) electrons. The van der Waals surface area contributed by atoms with Crippen molar-refractivity contribution in [1.82, 2.24) is 10.3 Å². The first-order chi connectivity index (χ1) is 17.1. The summed E-state index contributed by atoms with van der Waals surface area (Å²) < 4.78 is 5.98. The zero-order valence-corrected chi connectivity index (χ0v) is 20.3. The lowest BCUT2D eigenvalue weighted by atomic mass is 10.2. The summed E-state index contributed by atoms with van der Waals surface area (Å²) in [5.74, 6) is 0.671. The highest BCUT2D eigenvalue weighted by Crippen LogP contribution is 2.28. The van der Waals surface area contributed by atoms with Crippen LogP contribution in [-0.2, 0) is 6.54 Å². The van der Waals surface area contributed by atoms with E-state index < -0.39 is 0 Å². The van der Waals surface area contributed by atoms with Crippen LogP contribution in [0.1, 0.15) is 21.9 Å². The Morgan fingerprint density at radius 1 is 1.00 bits per heavy atom. The van der Waals surface area contributed by atoms with Crippen LogP contribution in [0.5, 0.6) is 0 Å². The number of amides is 1. The van der Waals surface area contributed by atoms with Crippen molar-refractivity contribution in [3.8, 4) is 11.3 Å². The largest absolute Gasteiger partial charge is 0.451 e. The average molecular weight is 487 g/mol. The first-order valence-electron chi connectivity index (χ1n) is 11.7. The van der Waals surface area contributed by atoms with Gasteiger partial charge in [-0.25, -0.2) is 0 Å². The molecular formula is C28H27ClN4O2. The van der Waals surface area contributed by atoms with Crippen molar-refractivity contribution < 1.29 is 9.21 Å². The van der Waals surface area contributed by atoms with Crippen LogP contribution in [0.3, 0.4) is 0 Å². The monoisotopic (exact) mass is 486 g/mol. The maximum absolute atomic E-state index is 13.7. The standard InChI is InChI=1S/C28H27ClN4O2/c1-20-3-2-4-23(31-20)19-33(25-11-9-24(10-12-25)32-17-15-30-16-18-32)28(34)27-14-13-26(35-27)21-5-7-22(29)8-6-21/h2-14,30H,15-19H2,1H3. The maximum Gasteiger partial charge on any atom is 0.294 e. The number of piperazine rings is 1. The number of benzene rings is 2. The molecule has 4 aromatic rings. The van der Waals surface area contributed by atoms with E-state index in [1.54, 1.807) is 23.1 Å². The number of furan rings is 1. The Bertz CT molecular complexity index is 1300. The Morgan fingerprint density at radius 2 is 1.74 bits per heavy atom. The maximum atomic E-state index is 13.7. The average Bonchev–Trinajstić information content (AvgIpc) is 3.38. The van der Waals surface area contributed by atoms with Crippen molar-refractivity contribution in [3.63, 3.8) is 0 Å². The zero-order chi connectivity index (χ0) is 24.2. The lowest BCUT2D eigenvalue weighted by Crippen LogP contribution is -2.43. The van der Waals surface area contributed by atoms with E-state index in [9.17, 15) is 4.79 Å². The third kappa shape index (κ3) is 5.39. The summed E-state index contributed by atoms with van der Waals surface area (Å²) in [6.45, 7) is 6.16. The van der Waals surface area contributed by atoms with Crippen LogP contribution in [0.2, 0.25) is 5.02 Å². The minimum absolute atomic E-state index is 0.219.